The number of para-hydroxylation sites is 1. The number of carbonyl (C=O) groups is 1. The molecule has 4 atom stereocenters. The summed E-state index contributed by atoms with van der Waals surface area (Å²) < 4.78 is 41.1. The van der Waals surface area contributed by atoms with Crippen molar-refractivity contribution in [3.63, 3.8) is 0 Å². The van der Waals surface area contributed by atoms with Crippen LogP contribution in [0, 0.1) is 11.8 Å². The Kier molecular flexibility index (Phi) is 9.18. The van der Waals surface area contributed by atoms with Crippen LogP contribution in [0.1, 0.15) is 67.2 Å². The number of unbranched alkanes of at least 4 members (excludes halogenated alkanes) is 1. The summed E-state index contributed by atoms with van der Waals surface area (Å²) in [4.78, 5) is 15.2. The lowest BCUT2D eigenvalue weighted by molar-refractivity contribution is -0.137. The molecule has 0 radical (unpaired) electrons. The molecule has 0 spiro atoms. The third-order valence-corrected chi connectivity index (χ3v) is 8.66. The maximum atomic E-state index is 13.7. The fourth-order valence-electron chi connectivity index (χ4n) is 6.57. The van der Waals surface area contributed by atoms with E-state index in [0.717, 1.165) is 61.0 Å². The van der Waals surface area contributed by atoms with Crippen molar-refractivity contribution >= 4 is 17.4 Å². The van der Waals surface area contributed by atoms with Gasteiger partial charge in [0.05, 0.1) is 11.6 Å². The third kappa shape index (κ3) is 7.04. The summed E-state index contributed by atoms with van der Waals surface area (Å²) in [5, 5.41) is 6.63. The molecule has 0 saturated heterocycles. The molecule has 3 aromatic rings. The van der Waals surface area contributed by atoms with Crippen molar-refractivity contribution in [2.24, 2.45) is 17.6 Å². The number of fused-ring (bicyclic) bond motifs is 3. The Morgan fingerprint density at radius 1 is 0.927 bits per heavy atom. The van der Waals surface area contributed by atoms with Crippen LogP contribution < -0.4 is 16.4 Å². The molecule has 5 rings (SSSR count). The van der Waals surface area contributed by atoms with Gasteiger partial charge in [-0.25, -0.2) is 4.79 Å². The molecule has 5 nitrogen and oxygen atoms in total. The molecule has 1 aliphatic carbocycles. The topological polar surface area (TPSA) is 70.4 Å². The number of urea groups is 1. The third-order valence-electron chi connectivity index (χ3n) is 8.66. The van der Waals surface area contributed by atoms with E-state index in [0.29, 0.717) is 19.6 Å². The predicted octanol–water partition coefficient (Wildman–Crippen LogP) is 8.04. The van der Waals surface area contributed by atoms with Crippen LogP contribution in [0.5, 0.6) is 0 Å². The summed E-state index contributed by atoms with van der Waals surface area (Å²) >= 11 is 0. The molecule has 41 heavy (non-hydrogen) atoms. The van der Waals surface area contributed by atoms with Gasteiger partial charge in [-0.3, -0.25) is 0 Å². The minimum atomic E-state index is -4.38. The van der Waals surface area contributed by atoms with Crippen molar-refractivity contribution < 1.29 is 18.0 Å². The summed E-state index contributed by atoms with van der Waals surface area (Å²) in [6, 6.07) is 23.7. The Labute approximate surface area is 240 Å². The summed E-state index contributed by atoms with van der Waals surface area (Å²) in [6.45, 7) is 1.81. The Morgan fingerprint density at radius 2 is 1.63 bits per heavy atom. The van der Waals surface area contributed by atoms with Crippen molar-refractivity contribution in [2.75, 3.05) is 30.3 Å². The van der Waals surface area contributed by atoms with Crippen LogP contribution in [0.15, 0.2) is 78.9 Å². The normalized spacial score (nSPS) is 22.0. The van der Waals surface area contributed by atoms with Gasteiger partial charge in [-0.15, -0.1) is 0 Å². The van der Waals surface area contributed by atoms with E-state index in [1.807, 2.05) is 53.4 Å². The average Bonchev–Trinajstić information content (AvgIpc) is 3.19. The molecule has 1 aliphatic heterocycles. The van der Waals surface area contributed by atoms with Crippen molar-refractivity contribution in [1.82, 2.24) is 4.90 Å². The summed E-state index contributed by atoms with van der Waals surface area (Å²) in [6.07, 6.45) is 0.693. The summed E-state index contributed by atoms with van der Waals surface area (Å²) in [5.41, 5.74) is 8.58. The fraction of sp³-hybridized carbons (Fsp3) is 0.424. The van der Waals surface area contributed by atoms with Gasteiger partial charge in [0.15, 0.2) is 0 Å². The minimum absolute atomic E-state index is 0.00703. The molecule has 0 bridgehead atoms. The van der Waals surface area contributed by atoms with E-state index >= 15 is 0 Å². The molecule has 0 aromatic heterocycles. The molecule has 1 saturated carbocycles. The van der Waals surface area contributed by atoms with Crippen LogP contribution >= 0.6 is 0 Å². The molecule has 8 heteroatoms. The van der Waals surface area contributed by atoms with Gasteiger partial charge in [0.2, 0.25) is 0 Å². The van der Waals surface area contributed by atoms with E-state index < -0.39 is 11.7 Å². The lowest BCUT2D eigenvalue weighted by atomic mass is 9.72. The number of hydrogen-bond donors (Lipinski definition) is 3. The van der Waals surface area contributed by atoms with Crippen LogP contribution in [0.3, 0.4) is 0 Å². The van der Waals surface area contributed by atoms with E-state index in [2.05, 4.69) is 22.8 Å². The zero-order valence-corrected chi connectivity index (χ0v) is 23.2. The van der Waals surface area contributed by atoms with Crippen LogP contribution in [-0.4, -0.2) is 30.6 Å². The number of anilines is 2. The van der Waals surface area contributed by atoms with Gasteiger partial charge in [-0.2, -0.15) is 13.2 Å². The number of alkyl halides is 3. The van der Waals surface area contributed by atoms with Gasteiger partial charge in [-0.05, 0) is 104 Å². The molecular formula is C33H39F3N4O. The average molecular weight is 565 g/mol. The standard InChI is InChI=1S/C33H39F3N4O/c34-33(35,36)25-15-18-30-29(21-25)27-16-13-23(14-17-28(27)31(39-30)24-9-3-1-4-10-24)22-40(20-8-7-19-37)32(41)38-26-11-5-2-6-12-26/h1-6,9-12,15,18,21,23,27-28,31,39H,7-8,13-14,16-17,19-20,22,37H2,(H,38,41)/t23-,27+,28-,31+/m1/s1. The molecule has 2 amide bonds. The van der Waals surface area contributed by atoms with Gasteiger partial charge >= 0.3 is 12.2 Å². The maximum absolute atomic E-state index is 13.7. The van der Waals surface area contributed by atoms with Crippen molar-refractivity contribution in [3.8, 4) is 0 Å². The largest absolute Gasteiger partial charge is 0.416 e. The number of halogens is 3. The fourth-order valence-corrected chi connectivity index (χ4v) is 6.57. The number of hydrogen-bond acceptors (Lipinski definition) is 3. The first-order valence-corrected chi connectivity index (χ1v) is 14.7. The van der Waals surface area contributed by atoms with Gasteiger partial charge in [0.1, 0.15) is 0 Å². The predicted molar refractivity (Wildman–Crippen MR) is 158 cm³/mol. The van der Waals surface area contributed by atoms with Crippen molar-refractivity contribution in [1.29, 1.82) is 0 Å². The van der Waals surface area contributed by atoms with E-state index in [-0.39, 0.29) is 29.8 Å². The van der Waals surface area contributed by atoms with Gasteiger partial charge in [0.25, 0.3) is 0 Å². The maximum Gasteiger partial charge on any atom is 0.416 e. The highest BCUT2D eigenvalue weighted by molar-refractivity contribution is 5.89. The highest BCUT2D eigenvalue weighted by Gasteiger charge is 2.41. The van der Waals surface area contributed by atoms with E-state index in [1.54, 1.807) is 6.07 Å². The first kappa shape index (κ1) is 29.0. The summed E-state index contributed by atoms with van der Waals surface area (Å²) in [5.74, 6) is 0.417. The number of nitrogens with one attached hydrogen (secondary N) is 2. The minimum Gasteiger partial charge on any atom is -0.378 e. The SMILES string of the molecule is NCCCCN(C[C@H]1CC[C@@H]2[C@H](CC1)c1cc(C(F)(F)F)ccc1N[C@H]2c1ccccc1)C(=O)Nc1ccccc1. The van der Waals surface area contributed by atoms with Crippen LogP contribution in [-0.2, 0) is 6.18 Å². The lowest BCUT2D eigenvalue weighted by Gasteiger charge is -2.41. The Hall–Kier alpha value is -3.52. The molecule has 3 aromatic carbocycles. The molecule has 1 heterocycles. The highest BCUT2D eigenvalue weighted by atomic mass is 19.4. The number of carbonyl (C=O) groups excluding carboxylic acids is 1. The second-order valence-corrected chi connectivity index (χ2v) is 11.4. The monoisotopic (exact) mass is 564 g/mol. The van der Waals surface area contributed by atoms with Crippen molar-refractivity contribution in [3.05, 3.63) is 95.6 Å². The molecule has 2 aliphatic rings. The van der Waals surface area contributed by atoms with Crippen LogP contribution in [0.2, 0.25) is 0 Å². The number of rotatable bonds is 8. The summed E-state index contributed by atoms with van der Waals surface area (Å²) in [7, 11) is 0. The highest BCUT2D eigenvalue weighted by Crippen LogP contribution is 2.52. The molecule has 1 fully saturated rings. The number of nitrogens with two attached hydrogens (primary N) is 1. The molecule has 218 valence electrons. The Morgan fingerprint density at radius 3 is 2.34 bits per heavy atom. The number of amides is 2. The number of benzene rings is 3. The van der Waals surface area contributed by atoms with Gasteiger partial charge in [-0.1, -0.05) is 48.5 Å². The van der Waals surface area contributed by atoms with E-state index in [4.69, 9.17) is 5.73 Å². The van der Waals surface area contributed by atoms with Crippen LogP contribution in [0.4, 0.5) is 29.3 Å². The van der Waals surface area contributed by atoms with E-state index in [9.17, 15) is 18.0 Å². The van der Waals surface area contributed by atoms with Gasteiger partial charge < -0.3 is 21.3 Å². The van der Waals surface area contributed by atoms with Crippen molar-refractivity contribution in [2.45, 2.75) is 56.7 Å². The Balaban J connectivity index is 1.38. The first-order chi connectivity index (χ1) is 19.8. The quantitative estimate of drug-likeness (QED) is 0.243. The van der Waals surface area contributed by atoms with Gasteiger partial charge in [0, 0.05) is 24.5 Å². The lowest BCUT2D eigenvalue weighted by Crippen LogP contribution is -2.39. The molecule has 0 unspecified atom stereocenters. The van der Waals surface area contributed by atoms with E-state index in [1.165, 1.54) is 12.1 Å². The first-order valence-electron chi connectivity index (χ1n) is 14.7. The zero-order valence-electron chi connectivity index (χ0n) is 23.2. The zero-order chi connectivity index (χ0) is 28.8. The number of nitrogens with zero attached hydrogens (tertiary/aromatic N) is 1. The van der Waals surface area contributed by atoms with Crippen LogP contribution in [0.25, 0.3) is 0 Å². The smallest absolute Gasteiger partial charge is 0.378 e. The Bertz CT molecular complexity index is 1280. The second-order valence-electron chi connectivity index (χ2n) is 11.4. The molecular weight excluding hydrogens is 525 g/mol. The second kappa shape index (κ2) is 13.0. The molecule has 4 N–H and O–H groups in total.